The number of nitrogens with zero attached hydrogens (tertiary/aromatic N) is 3. The van der Waals surface area contributed by atoms with Gasteiger partial charge in [0.1, 0.15) is 11.6 Å². The van der Waals surface area contributed by atoms with Gasteiger partial charge in [0, 0.05) is 38.6 Å². The standard InChI is InChI=1S/C58H58N3O.Pt/c1-55(2,3)45-24-27-52(62)49(38-45)54-60-53-48(41-34-42(36-46(35-41)56(4,5)6)50-37-40(28-33-59-50)39-16-11-9-12-17-39)20-15-21-51(53)61(54)47-25-22-44(23-26-47)58(8)31-29-57(7,30-32-58)43-18-13-10-14-19-43;/h9-28,33,35-38,62H,29-32H2,1-8H3;/q-1;. The molecular weight excluding hydrogens is 950 g/mol. The molecule has 63 heavy (non-hydrogen) atoms. The molecule has 0 bridgehead atoms. The van der Waals surface area contributed by atoms with Gasteiger partial charge in [-0.1, -0.05) is 164 Å². The molecule has 6 aromatic carbocycles. The van der Waals surface area contributed by atoms with Crippen LogP contribution < -0.4 is 0 Å². The normalized spacial score (nSPS) is 18.0. The van der Waals surface area contributed by atoms with Crippen molar-refractivity contribution in [2.75, 3.05) is 0 Å². The summed E-state index contributed by atoms with van der Waals surface area (Å²) in [6.45, 7) is 18.3. The van der Waals surface area contributed by atoms with E-state index in [1.165, 1.54) is 16.7 Å². The van der Waals surface area contributed by atoms with Gasteiger partial charge in [-0.05, 0) is 112 Å². The molecule has 1 fully saturated rings. The van der Waals surface area contributed by atoms with Crippen molar-refractivity contribution < 1.29 is 26.2 Å². The second-order valence-corrected chi connectivity index (χ2v) is 20.2. The van der Waals surface area contributed by atoms with E-state index in [-0.39, 0.29) is 48.5 Å². The molecule has 8 aromatic rings. The molecule has 2 aromatic heterocycles. The Morgan fingerprint density at radius 2 is 1.17 bits per heavy atom. The second-order valence-electron chi connectivity index (χ2n) is 20.2. The van der Waals surface area contributed by atoms with Crippen molar-refractivity contribution in [2.45, 2.75) is 103 Å². The average Bonchev–Trinajstić information content (AvgIpc) is 3.67. The fraction of sp³-hybridized carbons (Fsp3) is 0.276. The molecule has 322 valence electrons. The Kier molecular flexibility index (Phi) is 11.8. The number of rotatable bonds is 7. The van der Waals surface area contributed by atoms with Crippen LogP contribution in [0.3, 0.4) is 0 Å². The third kappa shape index (κ3) is 8.60. The van der Waals surface area contributed by atoms with Gasteiger partial charge >= 0.3 is 0 Å². The third-order valence-electron chi connectivity index (χ3n) is 13.7. The van der Waals surface area contributed by atoms with E-state index in [0.29, 0.717) is 11.4 Å². The maximum Gasteiger partial charge on any atom is 0.148 e. The number of pyridine rings is 1. The van der Waals surface area contributed by atoms with Crippen molar-refractivity contribution in [3.63, 3.8) is 0 Å². The number of hydrogen-bond donors (Lipinski definition) is 1. The first-order valence-corrected chi connectivity index (χ1v) is 22.2. The first-order chi connectivity index (χ1) is 29.6. The van der Waals surface area contributed by atoms with Crippen molar-refractivity contribution in [1.82, 2.24) is 14.5 Å². The van der Waals surface area contributed by atoms with Crippen LogP contribution in [-0.2, 0) is 42.7 Å². The minimum Gasteiger partial charge on any atom is -0.507 e. The Bertz CT molecular complexity index is 2890. The monoisotopic (exact) mass is 1010 g/mol. The van der Waals surface area contributed by atoms with E-state index in [4.69, 9.17) is 9.97 Å². The Labute approximate surface area is 388 Å². The number of aromatic nitrogens is 3. The van der Waals surface area contributed by atoms with Crippen LogP contribution in [0.25, 0.3) is 61.6 Å². The molecule has 0 spiro atoms. The summed E-state index contributed by atoms with van der Waals surface area (Å²) >= 11 is 0. The van der Waals surface area contributed by atoms with Crippen LogP contribution in [0.5, 0.6) is 5.75 Å². The Morgan fingerprint density at radius 3 is 1.81 bits per heavy atom. The summed E-state index contributed by atoms with van der Waals surface area (Å²) in [5, 5.41) is 11.6. The largest absolute Gasteiger partial charge is 0.507 e. The van der Waals surface area contributed by atoms with E-state index in [1.54, 1.807) is 0 Å². The molecule has 0 saturated heterocycles. The van der Waals surface area contributed by atoms with Crippen molar-refractivity contribution in [2.24, 2.45) is 0 Å². The molecule has 1 saturated carbocycles. The predicted molar refractivity (Wildman–Crippen MR) is 258 cm³/mol. The van der Waals surface area contributed by atoms with Crippen LogP contribution in [0.4, 0.5) is 0 Å². The third-order valence-corrected chi connectivity index (χ3v) is 13.7. The SMILES string of the molecule is CC(C)(C)c1cc(-c2cc(-c3ccccc3)ccn2)[c-]c(-c2cccc3c2nc(-c2cc(C(C)(C)C)ccc2O)n3-c2ccc(C3(C)CCC(C)(c4ccccc4)CC3)cc2)c1.[Pt]. The molecule has 2 heterocycles. The number of benzene rings is 6. The topological polar surface area (TPSA) is 50.9 Å². The second kappa shape index (κ2) is 16.9. The molecule has 5 heteroatoms. The molecule has 0 unspecified atom stereocenters. The van der Waals surface area contributed by atoms with E-state index in [0.717, 1.165) is 81.5 Å². The summed E-state index contributed by atoms with van der Waals surface area (Å²) in [6, 6.07) is 55.6. The molecule has 0 atom stereocenters. The molecule has 0 aliphatic heterocycles. The zero-order valence-corrected chi connectivity index (χ0v) is 40.1. The zero-order valence-electron chi connectivity index (χ0n) is 37.9. The van der Waals surface area contributed by atoms with Crippen molar-refractivity contribution >= 4 is 11.0 Å². The molecule has 4 nitrogen and oxygen atoms in total. The summed E-state index contributed by atoms with van der Waals surface area (Å²) in [7, 11) is 0. The van der Waals surface area contributed by atoms with Crippen LogP contribution in [0.1, 0.15) is 103 Å². The molecular formula is C58H58N3OPt-. The van der Waals surface area contributed by atoms with Crippen molar-refractivity contribution in [1.29, 1.82) is 0 Å². The van der Waals surface area contributed by atoms with Crippen molar-refractivity contribution in [3.8, 4) is 56.3 Å². The molecule has 9 rings (SSSR count). The van der Waals surface area contributed by atoms with Gasteiger partial charge in [0.05, 0.1) is 16.6 Å². The maximum atomic E-state index is 11.6. The van der Waals surface area contributed by atoms with Crippen LogP contribution >= 0.6 is 0 Å². The van der Waals surface area contributed by atoms with Gasteiger partial charge < -0.3 is 5.11 Å². The number of fused-ring (bicyclic) bond motifs is 1. The average molecular weight is 1010 g/mol. The summed E-state index contributed by atoms with van der Waals surface area (Å²) < 4.78 is 2.24. The minimum atomic E-state index is -0.135. The number of imidazole rings is 1. The van der Waals surface area contributed by atoms with Gasteiger partial charge in [-0.15, -0.1) is 29.3 Å². The fourth-order valence-corrected chi connectivity index (χ4v) is 9.40. The van der Waals surface area contributed by atoms with Gasteiger partial charge in [-0.25, -0.2) is 4.98 Å². The summed E-state index contributed by atoms with van der Waals surface area (Å²) in [5.41, 5.74) is 14.7. The number of phenolic OH excluding ortho intramolecular Hbond substituents is 1. The molecule has 1 aliphatic carbocycles. The quantitative estimate of drug-likeness (QED) is 0.162. The van der Waals surface area contributed by atoms with Gasteiger partial charge in [0.2, 0.25) is 0 Å². The summed E-state index contributed by atoms with van der Waals surface area (Å²) in [6.07, 6.45) is 6.46. The smallest absolute Gasteiger partial charge is 0.148 e. The van der Waals surface area contributed by atoms with E-state index in [9.17, 15) is 5.11 Å². The predicted octanol–water partition coefficient (Wildman–Crippen LogP) is 15.0. The Balaban J connectivity index is 0.00000544. The summed E-state index contributed by atoms with van der Waals surface area (Å²) in [4.78, 5) is 10.4. The Morgan fingerprint density at radius 1 is 0.571 bits per heavy atom. The van der Waals surface area contributed by atoms with Gasteiger partial charge in [0.25, 0.3) is 0 Å². The van der Waals surface area contributed by atoms with Crippen LogP contribution in [0.2, 0.25) is 0 Å². The molecule has 1 aliphatic rings. The Hall–Kier alpha value is -5.57. The van der Waals surface area contributed by atoms with Crippen LogP contribution in [0.15, 0.2) is 152 Å². The molecule has 0 radical (unpaired) electrons. The molecule has 0 amide bonds. The van der Waals surface area contributed by atoms with Gasteiger partial charge in [-0.3, -0.25) is 9.55 Å². The summed E-state index contributed by atoms with van der Waals surface area (Å²) in [5.74, 6) is 0.910. The minimum absolute atomic E-state index is 0. The zero-order chi connectivity index (χ0) is 43.4. The maximum absolute atomic E-state index is 11.6. The van der Waals surface area contributed by atoms with Gasteiger partial charge in [-0.2, -0.15) is 0 Å². The fourth-order valence-electron chi connectivity index (χ4n) is 9.40. The van der Waals surface area contributed by atoms with E-state index < -0.39 is 0 Å². The molecule has 1 N–H and O–H groups in total. The number of phenols is 1. The van der Waals surface area contributed by atoms with Gasteiger partial charge in [0.15, 0.2) is 0 Å². The van der Waals surface area contributed by atoms with E-state index >= 15 is 0 Å². The van der Waals surface area contributed by atoms with Crippen LogP contribution in [0, 0.1) is 6.07 Å². The first-order valence-electron chi connectivity index (χ1n) is 22.2. The van der Waals surface area contributed by atoms with Crippen molar-refractivity contribution in [3.05, 3.63) is 180 Å². The van der Waals surface area contributed by atoms with E-state index in [1.807, 2.05) is 24.4 Å². The van der Waals surface area contributed by atoms with Crippen LogP contribution in [-0.4, -0.2) is 19.6 Å². The van der Waals surface area contributed by atoms with E-state index in [2.05, 4.69) is 193 Å². The number of hydrogen-bond acceptors (Lipinski definition) is 3. The number of para-hydroxylation sites is 1. The number of aromatic hydroxyl groups is 1. The first kappa shape index (κ1) is 44.1.